The number of carbonyl (C=O) groups excluding carboxylic acids is 1. The van der Waals surface area contributed by atoms with Crippen LogP contribution in [0.5, 0.6) is 0 Å². The second-order valence-corrected chi connectivity index (χ2v) is 6.46. The van der Waals surface area contributed by atoms with Crippen molar-refractivity contribution < 1.29 is 9.90 Å². The van der Waals surface area contributed by atoms with Crippen LogP contribution in [0.25, 0.3) is 5.65 Å². The first-order valence-electron chi connectivity index (χ1n) is 8.44. The Morgan fingerprint density at radius 2 is 2.09 bits per heavy atom. The number of fused-ring (bicyclic) bond motifs is 1. The summed E-state index contributed by atoms with van der Waals surface area (Å²) in [5.41, 5.74) is 0.0528. The molecule has 0 aliphatic heterocycles. The first-order chi connectivity index (χ1) is 11.2. The van der Waals surface area contributed by atoms with Gasteiger partial charge in [-0.25, -0.2) is 0 Å². The fraction of sp³-hybridized carbons (Fsp3) is 0.588. The number of aromatic nitrogens is 3. The maximum absolute atomic E-state index is 12.0. The van der Waals surface area contributed by atoms with E-state index in [0.29, 0.717) is 6.54 Å². The minimum atomic E-state index is -0.786. The fourth-order valence-corrected chi connectivity index (χ4v) is 3.28. The number of amides is 1. The summed E-state index contributed by atoms with van der Waals surface area (Å²) in [5.74, 6) is 0.848. The Balaban J connectivity index is 1.42. The lowest BCUT2D eigenvalue weighted by molar-refractivity contribution is -0.127. The van der Waals surface area contributed by atoms with Gasteiger partial charge in [0.2, 0.25) is 5.91 Å². The molecular weight excluding hydrogens is 292 g/mol. The first kappa shape index (κ1) is 15.9. The van der Waals surface area contributed by atoms with Gasteiger partial charge >= 0.3 is 0 Å². The Labute approximate surface area is 135 Å². The Hall–Kier alpha value is -1.95. The number of pyridine rings is 1. The number of nitrogens with zero attached hydrogens (tertiary/aromatic N) is 3. The molecule has 2 aromatic rings. The summed E-state index contributed by atoms with van der Waals surface area (Å²) in [4.78, 5) is 12.0. The Bertz CT molecular complexity index is 661. The fourth-order valence-electron chi connectivity index (χ4n) is 3.28. The molecule has 0 radical (unpaired) electrons. The second-order valence-electron chi connectivity index (χ2n) is 6.46. The third-order valence-electron chi connectivity index (χ3n) is 4.56. The highest BCUT2D eigenvalue weighted by atomic mass is 16.3. The highest BCUT2D eigenvalue weighted by molar-refractivity contribution is 5.77. The van der Waals surface area contributed by atoms with Gasteiger partial charge in [-0.05, 0) is 31.4 Å². The van der Waals surface area contributed by atoms with Crippen LogP contribution in [0.4, 0.5) is 0 Å². The molecule has 1 aliphatic rings. The van der Waals surface area contributed by atoms with Crippen molar-refractivity contribution >= 4 is 11.6 Å². The molecule has 124 valence electrons. The Morgan fingerprint density at radius 3 is 2.91 bits per heavy atom. The number of hydrogen-bond acceptors (Lipinski definition) is 4. The normalized spacial score (nSPS) is 17.3. The molecule has 1 aliphatic carbocycles. The Morgan fingerprint density at radius 1 is 1.26 bits per heavy atom. The molecule has 1 saturated carbocycles. The van der Waals surface area contributed by atoms with Crippen molar-refractivity contribution in [2.24, 2.45) is 0 Å². The molecule has 23 heavy (non-hydrogen) atoms. The van der Waals surface area contributed by atoms with Crippen LogP contribution in [0.15, 0.2) is 24.4 Å². The number of carbonyl (C=O) groups is 1. The van der Waals surface area contributed by atoms with Crippen molar-refractivity contribution in [3.63, 3.8) is 0 Å². The minimum absolute atomic E-state index is 0.0551. The van der Waals surface area contributed by atoms with Crippen molar-refractivity contribution in [1.29, 1.82) is 0 Å². The molecule has 0 bridgehead atoms. The number of rotatable bonds is 6. The summed E-state index contributed by atoms with van der Waals surface area (Å²) >= 11 is 0. The molecule has 0 saturated heterocycles. The van der Waals surface area contributed by atoms with Gasteiger partial charge in [0.25, 0.3) is 0 Å². The quantitative estimate of drug-likeness (QED) is 0.797. The van der Waals surface area contributed by atoms with E-state index in [9.17, 15) is 9.90 Å². The summed E-state index contributed by atoms with van der Waals surface area (Å²) in [6, 6.07) is 5.81. The molecule has 0 aromatic carbocycles. The summed E-state index contributed by atoms with van der Waals surface area (Å²) in [6.07, 6.45) is 8.42. The summed E-state index contributed by atoms with van der Waals surface area (Å²) in [7, 11) is 0. The maximum Gasteiger partial charge on any atom is 0.222 e. The molecular formula is C17H24N4O2. The van der Waals surface area contributed by atoms with Crippen LogP contribution >= 0.6 is 0 Å². The molecule has 2 aromatic heterocycles. The Kier molecular flexibility index (Phi) is 4.91. The van der Waals surface area contributed by atoms with Gasteiger partial charge in [-0.1, -0.05) is 25.3 Å². The summed E-state index contributed by atoms with van der Waals surface area (Å²) in [6.45, 7) is 0.594. The maximum atomic E-state index is 12.0. The molecule has 2 heterocycles. The molecule has 6 nitrogen and oxygen atoms in total. The van der Waals surface area contributed by atoms with Gasteiger partial charge in [0, 0.05) is 19.2 Å². The van der Waals surface area contributed by atoms with Gasteiger partial charge < -0.3 is 10.4 Å². The van der Waals surface area contributed by atoms with Crippen molar-refractivity contribution in [3.05, 3.63) is 30.2 Å². The van der Waals surface area contributed by atoms with Gasteiger partial charge in [0.05, 0.1) is 12.0 Å². The van der Waals surface area contributed by atoms with Gasteiger partial charge in [-0.2, -0.15) is 0 Å². The molecule has 0 atom stereocenters. The molecule has 1 fully saturated rings. The van der Waals surface area contributed by atoms with Crippen molar-refractivity contribution in [3.8, 4) is 0 Å². The number of hydrogen-bond donors (Lipinski definition) is 2. The number of nitrogens with one attached hydrogen (secondary N) is 1. The van der Waals surface area contributed by atoms with E-state index < -0.39 is 5.60 Å². The SMILES string of the molecule is O=C(CC1(O)CCCCC1)NCCCc1nnc2ccccn12. The van der Waals surface area contributed by atoms with Gasteiger partial charge in [-0.15, -0.1) is 10.2 Å². The molecule has 2 N–H and O–H groups in total. The zero-order chi connectivity index (χ0) is 16.1. The van der Waals surface area contributed by atoms with E-state index in [1.807, 2.05) is 28.8 Å². The first-order valence-corrected chi connectivity index (χ1v) is 8.44. The van der Waals surface area contributed by atoms with E-state index in [1.165, 1.54) is 0 Å². The van der Waals surface area contributed by atoms with E-state index >= 15 is 0 Å². The number of aryl methyl sites for hydroxylation is 1. The van der Waals surface area contributed by atoms with E-state index in [2.05, 4.69) is 15.5 Å². The average molecular weight is 316 g/mol. The van der Waals surface area contributed by atoms with Crippen LogP contribution in [-0.4, -0.2) is 37.8 Å². The van der Waals surface area contributed by atoms with E-state index in [1.54, 1.807) is 0 Å². The molecule has 0 unspecified atom stereocenters. The van der Waals surface area contributed by atoms with Gasteiger partial charge in [-0.3, -0.25) is 9.20 Å². The van der Waals surface area contributed by atoms with E-state index in [0.717, 1.165) is 56.4 Å². The highest BCUT2D eigenvalue weighted by Crippen LogP contribution is 2.30. The van der Waals surface area contributed by atoms with Crippen molar-refractivity contribution in [2.75, 3.05) is 6.54 Å². The molecule has 6 heteroatoms. The zero-order valence-electron chi connectivity index (χ0n) is 13.4. The summed E-state index contributed by atoms with van der Waals surface area (Å²) < 4.78 is 1.96. The predicted octanol–water partition coefficient (Wildman–Crippen LogP) is 1.86. The van der Waals surface area contributed by atoms with Gasteiger partial charge in [0.1, 0.15) is 5.82 Å². The average Bonchev–Trinajstić information content (AvgIpc) is 2.95. The largest absolute Gasteiger partial charge is 0.389 e. The minimum Gasteiger partial charge on any atom is -0.389 e. The van der Waals surface area contributed by atoms with Crippen LogP contribution < -0.4 is 5.32 Å². The lowest BCUT2D eigenvalue weighted by Gasteiger charge is -2.31. The van der Waals surface area contributed by atoms with Gasteiger partial charge in [0.15, 0.2) is 5.65 Å². The van der Waals surface area contributed by atoms with Crippen molar-refractivity contribution in [2.45, 2.75) is 57.0 Å². The zero-order valence-corrected chi connectivity index (χ0v) is 13.4. The lowest BCUT2D eigenvalue weighted by Crippen LogP contribution is -2.38. The smallest absolute Gasteiger partial charge is 0.222 e. The van der Waals surface area contributed by atoms with Crippen LogP contribution in [0.3, 0.4) is 0 Å². The highest BCUT2D eigenvalue weighted by Gasteiger charge is 2.31. The predicted molar refractivity (Wildman–Crippen MR) is 87.0 cm³/mol. The lowest BCUT2D eigenvalue weighted by atomic mass is 9.82. The molecule has 1 amide bonds. The van der Waals surface area contributed by atoms with Crippen molar-refractivity contribution in [1.82, 2.24) is 19.9 Å². The monoisotopic (exact) mass is 316 g/mol. The molecule has 0 spiro atoms. The van der Waals surface area contributed by atoms with E-state index in [-0.39, 0.29) is 12.3 Å². The van der Waals surface area contributed by atoms with Crippen LogP contribution in [-0.2, 0) is 11.2 Å². The second kappa shape index (κ2) is 7.08. The summed E-state index contributed by atoms with van der Waals surface area (Å²) in [5, 5.41) is 21.6. The van der Waals surface area contributed by atoms with Crippen LogP contribution in [0.2, 0.25) is 0 Å². The van der Waals surface area contributed by atoms with E-state index in [4.69, 9.17) is 0 Å². The van der Waals surface area contributed by atoms with Crippen LogP contribution in [0, 0.1) is 0 Å². The number of aliphatic hydroxyl groups is 1. The standard InChI is InChI=1S/C17H24N4O2/c22-16(13-17(23)9-3-1-4-10-17)18-11-6-8-15-20-19-14-7-2-5-12-21(14)15/h2,5,7,12,23H,1,3-4,6,8-11,13H2,(H,18,22). The topological polar surface area (TPSA) is 79.5 Å². The van der Waals surface area contributed by atoms with Crippen LogP contribution in [0.1, 0.15) is 50.8 Å². The third-order valence-corrected chi connectivity index (χ3v) is 4.56. The molecule has 3 rings (SSSR count). The third kappa shape index (κ3) is 4.07.